The van der Waals surface area contributed by atoms with Crippen molar-refractivity contribution in [1.82, 2.24) is 0 Å². The van der Waals surface area contributed by atoms with Gasteiger partial charge in [0.2, 0.25) is 0 Å². The van der Waals surface area contributed by atoms with E-state index in [1.807, 2.05) is 6.07 Å². The van der Waals surface area contributed by atoms with E-state index in [4.69, 9.17) is 4.74 Å². The highest BCUT2D eigenvalue weighted by atomic mass is 16.5. The first-order chi connectivity index (χ1) is 12.0. The summed E-state index contributed by atoms with van der Waals surface area (Å²) in [6.07, 6.45) is 1.33. The van der Waals surface area contributed by atoms with E-state index in [0.717, 1.165) is 4.90 Å². The summed E-state index contributed by atoms with van der Waals surface area (Å²) >= 11 is 0. The summed E-state index contributed by atoms with van der Waals surface area (Å²) in [4.78, 5) is 37.5. The van der Waals surface area contributed by atoms with Crippen LogP contribution in [0.25, 0.3) is 5.57 Å². The maximum Gasteiger partial charge on any atom is 0.338 e. The van der Waals surface area contributed by atoms with Gasteiger partial charge in [-0.25, -0.2) is 9.69 Å². The van der Waals surface area contributed by atoms with E-state index >= 15 is 0 Å². The monoisotopic (exact) mass is 333 g/mol. The van der Waals surface area contributed by atoms with Gasteiger partial charge in [0.15, 0.2) is 0 Å². The molecule has 3 rings (SSSR count). The minimum atomic E-state index is -0.533. The van der Waals surface area contributed by atoms with E-state index in [2.05, 4.69) is 6.58 Å². The van der Waals surface area contributed by atoms with Crippen LogP contribution in [0.3, 0.4) is 0 Å². The molecule has 0 bridgehead atoms. The van der Waals surface area contributed by atoms with Gasteiger partial charge in [0.25, 0.3) is 11.8 Å². The normalized spacial score (nSPS) is 13.6. The van der Waals surface area contributed by atoms with Crippen molar-refractivity contribution >= 4 is 29.0 Å². The van der Waals surface area contributed by atoms with Crippen molar-refractivity contribution in [1.29, 1.82) is 0 Å². The van der Waals surface area contributed by atoms with E-state index in [9.17, 15) is 14.4 Å². The second-order valence-corrected chi connectivity index (χ2v) is 5.57. The Morgan fingerprint density at radius 2 is 1.64 bits per heavy atom. The molecule has 1 aliphatic rings. The van der Waals surface area contributed by atoms with Crippen molar-refractivity contribution in [2.45, 2.75) is 6.92 Å². The summed E-state index contributed by atoms with van der Waals surface area (Å²) in [7, 11) is 0. The highest BCUT2D eigenvalue weighted by Crippen LogP contribution is 2.29. The summed E-state index contributed by atoms with van der Waals surface area (Å²) in [5.41, 5.74) is 1.73. The van der Waals surface area contributed by atoms with Crippen molar-refractivity contribution in [2.24, 2.45) is 0 Å². The van der Waals surface area contributed by atoms with E-state index in [0.29, 0.717) is 22.6 Å². The number of benzene rings is 2. The molecule has 0 saturated carbocycles. The average Bonchev–Trinajstić information content (AvgIpc) is 2.91. The van der Waals surface area contributed by atoms with Crippen LogP contribution >= 0.6 is 0 Å². The fraction of sp³-hybridized carbons (Fsp3) is 0.0500. The third-order valence-corrected chi connectivity index (χ3v) is 3.66. The summed E-state index contributed by atoms with van der Waals surface area (Å²) in [5.74, 6) is -1.01. The van der Waals surface area contributed by atoms with Crippen molar-refractivity contribution in [2.75, 3.05) is 4.90 Å². The van der Waals surface area contributed by atoms with Crippen LogP contribution in [0, 0.1) is 0 Å². The van der Waals surface area contributed by atoms with Crippen LogP contribution in [0.15, 0.2) is 72.8 Å². The molecule has 0 saturated heterocycles. The van der Waals surface area contributed by atoms with Crippen LogP contribution in [0.2, 0.25) is 0 Å². The predicted molar refractivity (Wildman–Crippen MR) is 93.8 cm³/mol. The topological polar surface area (TPSA) is 63.7 Å². The summed E-state index contributed by atoms with van der Waals surface area (Å²) < 4.78 is 5.10. The molecular weight excluding hydrogens is 318 g/mol. The Kier molecular flexibility index (Phi) is 4.31. The number of imide groups is 1. The minimum absolute atomic E-state index is 0.283. The Morgan fingerprint density at radius 3 is 2.24 bits per heavy atom. The number of anilines is 1. The van der Waals surface area contributed by atoms with Gasteiger partial charge in [0, 0.05) is 11.6 Å². The Bertz CT molecular complexity index is 895. The number of hydrogen-bond acceptors (Lipinski definition) is 4. The SMILES string of the molecule is C=C(C)C(=O)Oc1ccc(N2C(=O)C=C(c3ccccc3)C2=O)cc1. The molecule has 0 aromatic heterocycles. The van der Waals surface area contributed by atoms with Gasteiger partial charge in [-0.1, -0.05) is 36.9 Å². The zero-order valence-corrected chi connectivity index (χ0v) is 13.6. The van der Waals surface area contributed by atoms with Gasteiger partial charge in [-0.2, -0.15) is 0 Å². The van der Waals surface area contributed by atoms with Crippen LogP contribution in [-0.4, -0.2) is 17.8 Å². The molecule has 1 heterocycles. The smallest absolute Gasteiger partial charge is 0.338 e. The number of nitrogens with zero attached hydrogens (tertiary/aromatic N) is 1. The molecule has 0 fully saturated rings. The number of carbonyl (C=O) groups is 3. The van der Waals surface area contributed by atoms with Crippen LogP contribution in [0.1, 0.15) is 12.5 Å². The zero-order valence-electron chi connectivity index (χ0n) is 13.6. The van der Waals surface area contributed by atoms with Crippen molar-refractivity contribution in [3.63, 3.8) is 0 Å². The lowest BCUT2D eigenvalue weighted by Gasteiger charge is -2.15. The standard InChI is InChI=1S/C20H15NO4/c1-13(2)20(24)25-16-10-8-15(9-11-16)21-18(22)12-17(19(21)23)14-6-4-3-5-7-14/h3-12H,1H2,2H3. The zero-order chi connectivity index (χ0) is 18.0. The van der Waals surface area contributed by atoms with Crippen molar-refractivity contribution in [3.05, 3.63) is 78.4 Å². The van der Waals surface area contributed by atoms with Gasteiger partial charge in [-0.15, -0.1) is 0 Å². The summed E-state index contributed by atoms with van der Waals surface area (Å²) in [5, 5.41) is 0. The third-order valence-electron chi connectivity index (χ3n) is 3.66. The van der Waals surface area contributed by atoms with Crippen LogP contribution in [-0.2, 0) is 14.4 Å². The molecule has 124 valence electrons. The molecule has 2 aromatic rings. The molecule has 25 heavy (non-hydrogen) atoms. The highest BCUT2D eigenvalue weighted by molar-refractivity contribution is 6.43. The second-order valence-electron chi connectivity index (χ2n) is 5.57. The van der Waals surface area contributed by atoms with E-state index in [1.54, 1.807) is 43.3 Å². The molecular formula is C20H15NO4. The Hall–Kier alpha value is -3.47. The van der Waals surface area contributed by atoms with Gasteiger partial charge in [-0.05, 0) is 36.8 Å². The number of esters is 1. The van der Waals surface area contributed by atoms with Gasteiger partial charge in [0.05, 0.1) is 11.3 Å². The molecule has 5 heteroatoms. The Morgan fingerprint density at radius 1 is 1.00 bits per heavy atom. The second kappa shape index (κ2) is 6.57. The maximum absolute atomic E-state index is 12.6. The lowest BCUT2D eigenvalue weighted by atomic mass is 10.1. The van der Waals surface area contributed by atoms with Gasteiger partial charge < -0.3 is 4.74 Å². The molecule has 1 aliphatic heterocycles. The van der Waals surface area contributed by atoms with Crippen molar-refractivity contribution in [3.8, 4) is 5.75 Å². The number of amides is 2. The van der Waals surface area contributed by atoms with E-state index in [-0.39, 0.29) is 11.5 Å². The average molecular weight is 333 g/mol. The first-order valence-electron chi connectivity index (χ1n) is 7.60. The first-order valence-corrected chi connectivity index (χ1v) is 7.60. The lowest BCUT2D eigenvalue weighted by molar-refractivity contribution is -0.130. The Labute approximate surface area is 144 Å². The molecule has 0 N–H and O–H groups in total. The van der Waals surface area contributed by atoms with Crippen LogP contribution in [0.5, 0.6) is 5.75 Å². The molecule has 0 atom stereocenters. The van der Waals surface area contributed by atoms with E-state index in [1.165, 1.54) is 18.2 Å². The number of ether oxygens (including phenoxy) is 1. The summed E-state index contributed by atoms with van der Waals surface area (Å²) in [6.45, 7) is 5.06. The van der Waals surface area contributed by atoms with Crippen molar-refractivity contribution < 1.29 is 19.1 Å². The van der Waals surface area contributed by atoms with Crippen LogP contribution in [0.4, 0.5) is 5.69 Å². The van der Waals surface area contributed by atoms with Crippen LogP contribution < -0.4 is 9.64 Å². The first kappa shape index (κ1) is 16.4. The van der Waals surface area contributed by atoms with Gasteiger partial charge in [-0.3, -0.25) is 9.59 Å². The molecule has 2 aromatic carbocycles. The van der Waals surface area contributed by atoms with Gasteiger partial charge in [0.1, 0.15) is 5.75 Å². The number of rotatable bonds is 4. The molecule has 0 aliphatic carbocycles. The summed E-state index contributed by atoms with van der Waals surface area (Å²) in [6, 6.07) is 15.2. The Balaban J connectivity index is 1.81. The number of hydrogen-bond donors (Lipinski definition) is 0. The fourth-order valence-electron chi connectivity index (χ4n) is 2.40. The quantitative estimate of drug-likeness (QED) is 0.373. The minimum Gasteiger partial charge on any atom is -0.423 e. The highest BCUT2D eigenvalue weighted by Gasteiger charge is 2.32. The van der Waals surface area contributed by atoms with E-state index < -0.39 is 11.9 Å². The molecule has 5 nitrogen and oxygen atoms in total. The third kappa shape index (κ3) is 3.26. The number of carbonyl (C=O) groups excluding carboxylic acids is 3. The van der Waals surface area contributed by atoms with Gasteiger partial charge >= 0.3 is 5.97 Å². The molecule has 0 unspecified atom stereocenters. The molecule has 0 radical (unpaired) electrons. The molecule has 0 spiro atoms. The predicted octanol–water partition coefficient (Wildman–Crippen LogP) is 3.12. The maximum atomic E-state index is 12.6. The molecule has 2 amide bonds. The lowest BCUT2D eigenvalue weighted by Crippen LogP contribution is -2.30. The fourth-order valence-corrected chi connectivity index (χ4v) is 2.40. The largest absolute Gasteiger partial charge is 0.423 e.